The number of halogens is 4. The molecule has 0 amide bonds. The normalized spacial score (nSPS) is 12.5. The van der Waals surface area contributed by atoms with Crippen molar-refractivity contribution in [3.05, 3.63) is 66.5 Å². The lowest BCUT2D eigenvalue weighted by molar-refractivity contribution is 0.219. The van der Waals surface area contributed by atoms with E-state index in [0.29, 0.717) is 15.6 Å². The summed E-state index contributed by atoms with van der Waals surface area (Å²) in [5, 5.41) is 11.2. The Labute approximate surface area is 132 Å². The largest absolute Gasteiger partial charge is 0.384 e. The molecule has 18 heavy (non-hydrogen) atoms. The number of aliphatic hydroxyl groups is 1. The minimum absolute atomic E-state index is 0.432. The summed E-state index contributed by atoms with van der Waals surface area (Å²) in [7, 11) is 0. The van der Waals surface area contributed by atoms with Gasteiger partial charge in [-0.15, -0.1) is 0 Å². The summed E-state index contributed by atoms with van der Waals surface area (Å²) in [6.45, 7) is 0. The fourth-order valence-electron chi connectivity index (χ4n) is 1.59. The van der Waals surface area contributed by atoms with Crippen molar-refractivity contribution >= 4 is 55.1 Å². The summed E-state index contributed by atoms with van der Waals surface area (Å²) in [6, 6.07) is 10.7. The molecule has 0 aliphatic carbocycles. The summed E-state index contributed by atoms with van der Waals surface area (Å²) < 4.78 is 1.77. The summed E-state index contributed by atoms with van der Waals surface area (Å²) in [5.74, 6) is 0. The van der Waals surface area contributed by atoms with E-state index in [4.69, 9.17) is 23.2 Å². The third kappa shape index (κ3) is 3.09. The molecular weight excluding hydrogens is 403 g/mol. The molecule has 1 unspecified atom stereocenters. The molecule has 1 atom stereocenters. The van der Waals surface area contributed by atoms with Crippen LogP contribution in [0.5, 0.6) is 0 Å². The van der Waals surface area contributed by atoms with Crippen LogP contribution in [0.3, 0.4) is 0 Å². The molecule has 2 aromatic carbocycles. The highest BCUT2D eigenvalue weighted by atomic mass is 79.9. The highest BCUT2D eigenvalue weighted by molar-refractivity contribution is 9.11. The standard InChI is InChI=1S/C13H8Br2Cl2O/c14-8-2-3-9(10(15)6-8)13(18)7-1-4-11(16)12(17)5-7/h1-6,13,18H. The van der Waals surface area contributed by atoms with E-state index in [9.17, 15) is 5.11 Å². The van der Waals surface area contributed by atoms with Crippen LogP contribution >= 0.6 is 55.1 Å². The molecule has 2 aromatic rings. The van der Waals surface area contributed by atoms with E-state index in [1.807, 2.05) is 18.2 Å². The fourth-order valence-corrected chi connectivity index (χ4v) is 3.16. The number of aliphatic hydroxyl groups excluding tert-OH is 1. The Kier molecular flexibility index (Phi) is 4.73. The van der Waals surface area contributed by atoms with Gasteiger partial charge in [-0.25, -0.2) is 0 Å². The minimum Gasteiger partial charge on any atom is -0.384 e. The quantitative estimate of drug-likeness (QED) is 0.683. The predicted octanol–water partition coefficient (Wildman–Crippen LogP) is 5.60. The van der Waals surface area contributed by atoms with Gasteiger partial charge in [-0.2, -0.15) is 0 Å². The van der Waals surface area contributed by atoms with Crippen LogP contribution < -0.4 is 0 Å². The lowest BCUT2D eigenvalue weighted by Gasteiger charge is -2.14. The molecule has 94 valence electrons. The highest BCUT2D eigenvalue weighted by Gasteiger charge is 2.15. The molecule has 1 nitrogen and oxygen atoms in total. The van der Waals surface area contributed by atoms with Crippen LogP contribution in [-0.2, 0) is 0 Å². The SMILES string of the molecule is OC(c1ccc(Cl)c(Cl)c1)c1ccc(Br)cc1Br. The van der Waals surface area contributed by atoms with Gasteiger partial charge in [-0.1, -0.05) is 67.2 Å². The first-order chi connectivity index (χ1) is 8.49. The first kappa shape index (κ1) is 14.4. The third-order valence-electron chi connectivity index (χ3n) is 2.52. The first-order valence-corrected chi connectivity index (χ1v) is 7.41. The van der Waals surface area contributed by atoms with Crippen molar-refractivity contribution in [2.45, 2.75) is 6.10 Å². The number of benzene rings is 2. The van der Waals surface area contributed by atoms with Crippen molar-refractivity contribution < 1.29 is 5.11 Å². The first-order valence-electron chi connectivity index (χ1n) is 5.07. The summed E-state index contributed by atoms with van der Waals surface area (Å²) in [6.07, 6.45) is -0.748. The maximum absolute atomic E-state index is 10.3. The van der Waals surface area contributed by atoms with Crippen LogP contribution in [0.4, 0.5) is 0 Å². The average molecular weight is 411 g/mol. The van der Waals surface area contributed by atoms with E-state index in [2.05, 4.69) is 31.9 Å². The molecule has 0 bridgehead atoms. The van der Waals surface area contributed by atoms with Crippen LogP contribution in [0.15, 0.2) is 45.3 Å². The Hall–Kier alpha value is -0.0600. The Balaban J connectivity index is 2.41. The Morgan fingerprint density at radius 2 is 1.67 bits per heavy atom. The van der Waals surface area contributed by atoms with Crippen molar-refractivity contribution in [2.24, 2.45) is 0 Å². The second kappa shape index (κ2) is 5.93. The molecule has 0 aromatic heterocycles. The maximum Gasteiger partial charge on any atom is 0.105 e. The van der Waals surface area contributed by atoms with Gasteiger partial charge in [0.2, 0.25) is 0 Å². The molecule has 0 fully saturated rings. The molecule has 0 heterocycles. The molecular formula is C13H8Br2Cl2O. The number of hydrogen-bond acceptors (Lipinski definition) is 1. The van der Waals surface area contributed by atoms with Crippen LogP contribution in [0.1, 0.15) is 17.2 Å². The topological polar surface area (TPSA) is 20.2 Å². The molecule has 0 aliphatic rings. The summed E-state index contributed by atoms with van der Waals surface area (Å²) >= 11 is 18.6. The molecule has 0 saturated carbocycles. The van der Waals surface area contributed by atoms with Crippen LogP contribution in [0.2, 0.25) is 10.0 Å². The van der Waals surface area contributed by atoms with Gasteiger partial charge in [0, 0.05) is 8.95 Å². The highest BCUT2D eigenvalue weighted by Crippen LogP contribution is 2.33. The zero-order chi connectivity index (χ0) is 13.3. The molecule has 2 rings (SSSR count). The van der Waals surface area contributed by atoms with Crippen molar-refractivity contribution in [3.63, 3.8) is 0 Å². The van der Waals surface area contributed by atoms with E-state index >= 15 is 0 Å². The summed E-state index contributed by atoms with van der Waals surface area (Å²) in [4.78, 5) is 0. The smallest absolute Gasteiger partial charge is 0.105 e. The van der Waals surface area contributed by atoms with Gasteiger partial charge >= 0.3 is 0 Å². The second-order valence-corrected chi connectivity index (χ2v) is 6.33. The van der Waals surface area contributed by atoms with Gasteiger partial charge in [0.25, 0.3) is 0 Å². The van der Waals surface area contributed by atoms with E-state index < -0.39 is 6.10 Å². The average Bonchev–Trinajstić information content (AvgIpc) is 2.32. The van der Waals surface area contributed by atoms with Crippen molar-refractivity contribution in [1.82, 2.24) is 0 Å². The fraction of sp³-hybridized carbons (Fsp3) is 0.0769. The molecule has 0 radical (unpaired) electrons. The summed E-state index contributed by atoms with van der Waals surface area (Å²) in [5.41, 5.74) is 1.48. The van der Waals surface area contributed by atoms with E-state index in [-0.39, 0.29) is 0 Å². The molecule has 0 spiro atoms. The zero-order valence-electron chi connectivity index (χ0n) is 9.00. The van der Waals surface area contributed by atoms with Crippen LogP contribution in [0, 0.1) is 0 Å². The molecule has 5 heteroatoms. The lowest BCUT2D eigenvalue weighted by Crippen LogP contribution is -2.00. The number of rotatable bonds is 2. The van der Waals surface area contributed by atoms with Crippen LogP contribution in [0.25, 0.3) is 0 Å². The molecule has 0 aliphatic heterocycles. The second-order valence-electron chi connectivity index (χ2n) is 3.74. The van der Waals surface area contributed by atoms with Gasteiger partial charge in [0.15, 0.2) is 0 Å². The van der Waals surface area contributed by atoms with Crippen molar-refractivity contribution in [2.75, 3.05) is 0 Å². The molecule has 0 saturated heterocycles. The maximum atomic E-state index is 10.3. The van der Waals surface area contributed by atoms with Crippen molar-refractivity contribution in [1.29, 1.82) is 0 Å². The van der Waals surface area contributed by atoms with E-state index in [1.165, 1.54) is 0 Å². The number of hydrogen-bond donors (Lipinski definition) is 1. The zero-order valence-corrected chi connectivity index (χ0v) is 13.7. The lowest BCUT2D eigenvalue weighted by atomic mass is 10.0. The Morgan fingerprint density at radius 1 is 0.944 bits per heavy atom. The van der Waals surface area contributed by atoms with Crippen LogP contribution in [-0.4, -0.2) is 5.11 Å². The van der Waals surface area contributed by atoms with Gasteiger partial charge < -0.3 is 5.11 Å². The monoisotopic (exact) mass is 408 g/mol. The minimum atomic E-state index is -0.748. The van der Waals surface area contributed by atoms with Gasteiger partial charge in [-0.3, -0.25) is 0 Å². The van der Waals surface area contributed by atoms with Gasteiger partial charge in [-0.05, 0) is 35.4 Å². The predicted molar refractivity (Wildman–Crippen MR) is 82.4 cm³/mol. The van der Waals surface area contributed by atoms with Gasteiger partial charge in [0.05, 0.1) is 10.0 Å². The molecule has 1 N–H and O–H groups in total. The Morgan fingerprint density at radius 3 is 2.28 bits per heavy atom. The van der Waals surface area contributed by atoms with E-state index in [0.717, 1.165) is 14.5 Å². The Bertz CT molecular complexity index is 587. The van der Waals surface area contributed by atoms with E-state index in [1.54, 1.807) is 18.2 Å². The third-order valence-corrected chi connectivity index (χ3v) is 4.44. The van der Waals surface area contributed by atoms with Gasteiger partial charge in [0.1, 0.15) is 6.10 Å². The van der Waals surface area contributed by atoms with Crippen molar-refractivity contribution in [3.8, 4) is 0 Å².